The first-order valence-corrected chi connectivity index (χ1v) is 9.35. The number of aliphatic hydroxyl groups excluding tert-OH is 1. The lowest BCUT2D eigenvalue weighted by molar-refractivity contribution is -0.146. The van der Waals surface area contributed by atoms with E-state index in [1.165, 1.54) is 0 Å². The fraction of sp³-hybridized carbons (Fsp3) is 0.579. The molecule has 2 heterocycles. The predicted molar refractivity (Wildman–Crippen MR) is 99.2 cm³/mol. The van der Waals surface area contributed by atoms with Crippen molar-refractivity contribution in [2.45, 2.75) is 31.7 Å². The molecule has 0 saturated carbocycles. The van der Waals surface area contributed by atoms with Crippen molar-refractivity contribution in [3.63, 3.8) is 0 Å². The van der Waals surface area contributed by atoms with Gasteiger partial charge in [0.25, 0.3) is 0 Å². The summed E-state index contributed by atoms with van der Waals surface area (Å²) in [5.41, 5.74) is 1.55. The van der Waals surface area contributed by atoms with Crippen LogP contribution in [0.2, 0.25) is 0 Å². The topological polar surface area (TPSA) is 82.1 Å². The Balaban J connectivity index is 1.70. The minimum absolute atomic E-state index is 0.0237. The number of rotatable bonds is 4. The number of aliphatic hydroxyl groups is 1. The van der Waals surface area contributed by atoms with E-state index in [-0.39, 0.29) is 12.6 Å². The van der Waals surface area contributed by atoms with Crippen LogP contribution in [0.15, 0.2) is 24.3 Å². The Bertz CT molecular complexity index is 629. The molecule has 3 rings (SSSR count). The van der Waals surface area contributed by atoms with Gasteiger partial charge in [-0.1, -0.05) is 12.1 Å². The third-order valence-corrected chi connectivity index (χ3v) is 5.05. The van der Waals surface area contributed by atoms with Crippen molar-refractivity contribution in [2.75, 3.05) is 49.7 Å². The summed E-state index contributed by atoms with van der Waals surface area (Å²) in [5.74, 6) is -1.13. The molecule has 2 saturated heterocycles. The molecule has 2 aliphatic rings. The van der Waals surface area contributed by atoms with Crippen LogP contribution in [0.5, 0.6) is 0 Å². The first-order valence-electron chi connectivity index (χ1n) is 9.35. The van der Waals surface area contributed by atoms with Gasteiger partial charge in [0.15, 0.2) is 0 Å². The van der Waals surface area contributed by atoms with Gasteiger partial charge in [-0.25, -0.2) is 0 Å². The lowest BCUT2D eigenvalue weighted by Crippen LogP contribution is -2.48. The van der Waals surface area contributed by atoms with Crippen LogP contribution in [0.1, 0.15) is 25.7 Å². The molecule has 1 aromatic carbocycles. The second-order valence-electron chi connectivity index (χ2n) is 6.73. The van der Waals surface area contributed by atoms with E-state index in [0.717, 1.165) is 38.0 Å². The quantitative estimate of drug-likeness (QED) is 0.788. The average molecular weight is 361 g/mol. The number of benzene rings is 1. The Labute approximate surface area is 153 Å². The van der Waals surface area contributed by atoms with Crippen LogP contribution in [0, 0.1) is 0 Å². The smallest absolute Gasteiger partial charge is 0.313 e. The predicted octanol–water partition coefficient (Wildman–Crippen LogP) is 1.23. The number of hydrogen-bond donors (Lipinski definition) is 2. The molecule has 0 aromatic heterocycles. The molecule has 0 radical (unpaired) electrons. The van der Waals surface area contributed by atoms with Crippen molar-refractivity contribution in [2.24, 2.45) is 0 Å². The number of para-hydroxylation sites is 2. The van der Waals surface area contributed by atoms with Gasteiger partial charge in [0.2, 0.25) is 0 Å². The van der Waals surface area contributed by atoms with Gasteiger partial charge in [-0.15, -0.1) is 0 Å². The first kappa shape index (κ1) is 18.7. The number of amides is 2. The summed E-state index contributed by atoms with van der Waals surface area (Å²) in [6.45, 7) is 3.41. The van der Waals surface area contributed by atoms with E-state index in [0.29, 0.717) is 31.9 Å². The van der Waals surface area contributed by atoms with Crippen molar-refractivity contribution in [3.8, 4) is 0 Å². The molecule has 2 aliphatic heterocycles. The summed E-state index contributed by atoms with van der Waals surface area (Å²) >= 11 is 0. The maximum atomic E-state index is 12.7. The molecule has 1 aromatic rings. The second kappa shape index (κ2) is 9.00. The highest BCUT2D eigenvalue weighted by atomic mass is 16.5. The summed E-state index contributed by atoms with van der Waals surface area (Å²) in [4.78, 5) is 29.0. The lowest BCUT2D eigenvalue weighted by Gasteiger charge is -2.35. The number of morpholine rings is 1. The van der Waals surface area contributed by atoms with E-state index < -0.39 is 11.8 Å². The number of likely N-dealkylation sites (tertiary alicyclic amines) is 1. The summed E-state index contributed by atoms with van der Waals surface area (Å²) in [5, 5.41) is 12.0. The van der Waals surface area contributed by atoms with E-state index in [2.05, 4.69) is 10.2 Å². The van der Waals surface area contributed by atoms with Crippen molar-refractivity contribution in [1.82, 2.24) is 4.90 Å². The van der Waals surface area contributed by atoms with Gasteiger partial charge in [0.1, 0.15) is 0 Å². The number of carbonyl (C=O) groups is 2. The van der Waals surface area contributed by atoms with Crippen LogP contribution in [0.4, 0.5) is 11.4 Å². The van der Waals surface area contributed by atoms with Gasteiger partial charge < -0.3 is 25.0 Å². The van der Waals surface area contributed by atoms with Crippen LogP contribution in [-0.4, -0.2) is 67.3 Å². The number of nitrogens with zero attached hydrogens (tertiary/aromatic N) is 2. The third kappa shape index (κ3) is 4.34. The van der Waals surface area contributed by atoms with Gasteiger partial charge in [0, 0.05) is 32.3 Å². The third-order valence-electron chi connectivity index (χ3n) is 5.05. The lowest BCUT2D eigenvalue weighted by atomic mass is 9.99. The van der Waals surface area contributed by atoms with Crippen LogP contribution >= 0.6 is 0 Å². The monoisotopic (exact) mass is 361 g/mol. The van der Waals surface area contributed by atoms with Gasteiger partial charge in [-0.3, -0.25) is 9.59 Å². The van der Waals surface area contributed by atoms with E-state index in [9.17, 15) is 14.7 Å². The molecule has 142 valence electrons. The van der Waals surface area contributed by atoms with Crippen molar-refractivity contribution >= 4 is 23.2 Å². The summed E-state index contributed by atoms with van der Waals surface area (Å²) in [6.07, 6.45) is 3.27. The number of nitrogens with one attached hydrogen (secondary N) is 1. The Hall–Kier alpha value is -2.12. The van der Waals surface area contributed by atoms with Crippen LogP contribution in [0.25, 0.3) is 0 Å². The minimum atomic E-state index is -0.615. The Kier molecular flexibility index (Phi) is 6.46. The number of hydrogen-bond acceptors (Lipinski definition) is 5. The Morgan fingerprint density at radius 3 is 2.69 bits per heavy atom. The molecular weight excluding hydrogens is 334 g/mol. The molecule has 1 atom stereocenters. The highest BCUT2D eigenvalue weighted by Gasteiger charge is 2.30. The molecule has 2 N–H and O–H groups in total. The summed E-state index contributed by atoms with van der Waals surface area (Å²) in [6, 6.07) is 7.48. The van der Waals surface area contributed by atoms with E-state index in [4.69, 9.17) is 4.74 Å². The van der Waals surface area contributed by atoms with Gasteiger partial charge in [-0.2, -0.15) is 0 Å². The zero-order valence-electron chi connectivity index (χ0n) is 15.0. The van der Waals surface area contributed by atoms with Crippen LogP contribution in [0.3, 0.4) is 0 Å². The van der Waals surface area contributed by atoms with Crippen molar-refractivity contribution < 1.29 is 19.4 Å². The zero-order chi connectivity index (χ0) is 18.4. The highest BCUT2D eigenvalue weighted by Crippen LogP contribution is 2.27. The summed E-state index contributed by atoms with van der Waals surface area (Å²) < 4.78 is 5.38. The van der Waals surface area contributed by atoms with E-state index in [1.54, 1.807) is 4.90 Å². The molecule has 0 aliphatic carbocycles. The number of ether oxygens (including phenoxy) is 1. The van der Waals surface area contributed by atoms with E-state index in [1.807, 2.05) is 24.3 Å². The zero-order valence-corrected chi connectivity index (χ0v) is 15.0. The second-order valence-corrected chi connectivity index (χ2v) is 6.73. The molecule has 2 amide bonds. The number of anilines is 2. The van der Waals surface area contributed by atoms with Crippen molar-refractivity contribution in [3.05, 3.63) is 24.3 Å². The van der Waals surface area contributed by atoms with Crippen LogP contribution in [-0.2, 0) is 14.3 Å². The molecule has 0 spiro atoms. The van der Waals surface area contributed by atoms with E-state index >= 15 is 0 Å². The van der Waals surface area contributed by atoms with Gasteiger partial charge in [-0.05, 0) is 37.8 Å². The fourth-order valence-corrected chi connectivity index (χ4v) is 3.68. The molecule has 2 fully saturated rings. The van der Waals surface area contributed by atoms with Gasteiger partial charge in [0.05, 0.1) is 24.6 Å². The summed E-state index contributed by atoms with van der Waals surface area (Å²) in [7, 11) is 0. The standard InChI is InChI=1S/C19H27N3O4/c23-12-8-15-5-3-4-9-22(15)19(25)18(24)20-16-6-1-2-7-17(16)21-10-13-26-14-11-21/h1-2,6-7,15,23H,3-5,8-14H2,(H,20,24). The largest absolute Gasteiger partial charge is 0.396 e. The molecular formula is C19H27N3O4. The fourth-order valence-electron chi connectivity index (χ4n) is 3.68. The SMILES string of the molecule is O=C(Nc1ccccc1N1CCOCC1)C(=O)N1CCCCC1CCO. The number of piperidine rings is 1. The molecule has 0 bridgehead atoms. The van der Waals surface area contributed by atoms with Gasteiger partial charge >= 0.3 is 11.8 Å². The Morgan fingerprint density at radius 2 is 1.92 bits per heavy atom. The molecule has 7 heteroatoms. The average Bonchev–Trinajstić information content (AvgIpc) is 2.69. The Morgan fingerprint density at radius 1 is 1.15 bits per heavy atom. The number of carbonyl (C=O) groups excluding carboxylic acids is 2. The first-order chi connectivity index (χ1) is 12.7. The molecule has 26 heavy (non-hydrogen) atoms. The van der Waals surface area contributed by atoms with Crippen LogP contribution < -0.4 is 10.2 Å². The maximum absolute atomic E-state index is 12.7. The maximum Gasteiger partial charge on any atom is 0.313 e. The highest BCUT2D eigenvalue weighted by molar-refractivity contribution is 6.39. The van der Waals surface area contributed by atoms with Crippen molar-refractivity contribution in [1.29, 1.82) is 0 Å². The minimum Gasteiger partial charge on any atom is -0.396 e. The molecule has 7 nitrogen and oxygen atoms in total. The molecule has 1 unspecified atom stereocenters. The normalized spacial score (nSPS) is 20.7.